The molecule has 106 valence electrons. The molecule has 1 aromatic carbocycles. The van der Waals surface area contributed by atoms with E-state index in [4.69, 9.17) is 0 Å². The molecule has 0 aromatic heterocycles. The molecule has 1 rings (SSSR count). The number of benzene rings is 1. The van der Waals surface area contributed by atoms with Gasteiger partial charge in [-0.05, 0) is 30.7 Å². The van der Waals surface area contributed by atoms with Crippen LogP contribution in [0, 0.1) is 5.92 Å². The molecule has 19 heavy (non-hydrogen) atoms. The lowest BCUT2D eigenvalue weighted by molar-refractivity contribution is -0.116. The molecule has 3 nitrogen and oxygen atoms in total. The molecule has 0 spiro atoms. The summed E-state index contributed by atoms with van der Waals surface area (Å²) in [5.74, 6) is 0.159. The zero-order chi connectivity index (χ0) is 14.3. The third-order valence-corrected chi connectivity index (χ3v) is 2.98. The third kappa shape index (κ3) is 5.25. The Labute approximate surface area is 116 Å². The minimum Gasteiger partial charge on any atom is -0.326 e. The predicted octanol–water partition coefficient (Wildman–Crippen LogP) is 4.29. The first kappa shape index (κ1) is 15.4. The molecule has 0 unspecified atom stereocenters. The third-order valence-electron chi connectivity index (χ3n) is 2.98. The summed E-state index contributed by atoms with van der Waals surface area (Å²) in [4.78, 5) is 23.4. The number of nitrogens with one attached hydrogen (secondary N) is 1. The summed E-state index contributed by atoms with van der Waals surface area (Å²) in [6.45, 7) is 5.87. The molecule has 0 atom stereocenters. The van der Waals surface area contributed by atoms with Gasteiger partial charge in [-0.15, -0.1) is 0 Å². The van der Waals surface area contributed by atoms with E-state index >= 15 is 0 Å². The predicted molar refractivity (Wildman–Crippen MR) is 80.5 cm³/mol. The monoisotopic (exact) mass is 263 g/mol. The van der Waals surface area contributed by atoms with Crippen molar-refractivity contribution in [2.45, 2.75) is 46.5 Å². The number of hydrogen-bond acceptors (Lipinski definition) is 2. The summed E-state index contributed by atoms with van der Waals surface area (Å²) in [6, 6.07) is 7.11. The Morgan fingerprint density at radius 1 is 1.16 bits per heavy atom. The van der Waals surface area contributed by atoms with Crippen molar-refractivity contribution in [1.29, 1.82) is 0 Å². The maximum atomic E-state index is 11.8. The second-order valence-electron chi connectivity index (χ2n) is 5.10. The molecule has 0 radical (unpaired) electrons. The number of anilines is 1. The number of hydrogen-bond donors (Lipinski definition) is 1. The van der Waals surface area contributed by atoms with Gasteiger partial charge in [-0.2, -0.15) is 0 Å². The topological polar surface area (TPSA) is 46.2 Å². The zero-order valence-electron chi connectivity index (χ0n) is 12.0. The maximum Gasteiger partial charge on any atom is 0.224 e. The van der Waals surface area contributed by atoms with Crippen LogP contribution in [0.15, 0.2) is 24.3 Å². The van der Waals surface area contributed by atoms with E-state index in [1.54, 1.807) is 24.3 Å². The van der Waals surface area contributed by atoms with Gasteiger partial charge in [0.05, 0.1) is 0 Å². The summed E-state index contributed by atoms with van der Waals surface area (Å²) in [5, 5.41) is 2.85. The van der Waals surface area contributed by atoms with Crippen molar-refractivity contribution in [3.63, 3.8) is 0 Å². The van der Waals surface area contributed by atoms with Gasteiger partial charge in [-0.3, -0.25) is 9.59 Å². The van der Waals surface area contributed by atoms with Crippen LogP contribution in [-0.2, 0) is 4.79 Å². The molecule has 0 saturated carbocycles. The van der Waals surface area contributed by atoms with Gasteiger partial charge in [-0.1, -0.05) is 33.6 Å². The first-order chi connectivity index (χ1) is 9.04. The molecule has 0 bridgehead atoms. The van der Waals surface area contributed by atoms with Crippen molar-refractivity contribution in [2.75, 3.05) is 5.32 Å². The summed E-state index contributed by atoms with van der Waals surface area (Å²) in [7, 11) is 0. The van der Waals surface area contributed by atoms with Crippen LogP contribution in [0.3, 0.4) is 0 Å². The number of ketones is 1. The van der Waals surface area contributed by atoms with E-state index in [1.807, 2.05) is 13.8 Å². The molecule has 0 aliphatic heterocycles. The second kappa shape index (κ2) is 7.72. The van der Waals surface area contributed by atoms with Crippen molar-refractivity contribution >= 4 is 17.4 Å². The van der Waals surface area contributed by atoms with Crippen LogP contribution in [0.2, 0.25) is 0 Å². The number of rotatable bonds is 7. The number of unbranched alkanes of at least 4 members (excludes halogenated alkanes) is 2. The lowest BCUT2D eigenvalue weighted by Crippen LogP contribution is -2.11. The van der Waals surface area contributed by atoms with Crippen LogP contribution < -0.4 is 5.32 Å². The fourth-order valence-corrected chi connectivity index (χ4v) is 1.81. The molecule has 1 amide bonds. The van der Waals surface area contributed by atoms with Gasteiger partial charge in [0, 0.05) is 25.0 Å². The summed E-state index contributed by atoms with van der Waals surface area (Å²) in [5.41, 5.74) is 1.45. The van der Waals surface area contributed by atoms with Gasteiger partial charge in [0.15, 0.2) is 5.78 Å². The molecule has 0 aliphatic carbocycles. The van der Waals surface area contributed by atoms with Crippen molar-refractivity contribution in [1.82, 2.24) is 0 Å². The molecule has 1 N–H and O–H groups in total. The number of amides is 1. The summed E-state index contributed by atoms with van der Waals surface area (Å²) in [6.07, 6.45) is 3.67. The largest absolute Gasteiger partial charge is 0.326 e. The second-order valence-corrected chi connectivity index (χ2v) is 5.10. The van der Waals surface area contributed by atoms with Crippen LogP contribution in [-0.4, -0.2) is 11.7 Å². The smallest absolute Gasteiger partial charge is 0.224 e. The lowest BCUT2D eigenvalue weighted by Gasteiger charge is -2.07. The normalized spacial score (nSPS) is 10.5. The molecule has 0 aliphatic rings. The van der Waals surface area contributed by atoms with E-state index in [0.29, 0.717) is 12.0 Å². The Morgan fingerprint density at radius 2 is 1.79 bits per heavy atom. The molecule has 0 saturated heterocycles. The van der Waals surface area contributed by atoms with E-state index < -0.39 is 0 Å². The minimum absolute atomic E-state index is 0. The highest BCUT2D eigenvalue weighted by atomic mass is 16.1. The zero-order valence-corrected chi connectivity index (χ0v) is 12.0. The van der Waals surface area contributed by atoms with E-state index in [9.17, 15) is 9.59 Å². The van der Waals surface area contributed by atoms with E-state index in [0.717, 1.165) is 24.9 Å². The van der Waals surface area contributed by atoms with Crippen molar-refractivity contribution in [3.05, 3.63) is 29.8 Å². The number of carbonyl (C=O) groups excluding carboxylic acids is 2. The number of carbonyl (C=O) groups is 2. The first-order valence-electron chi connectivity index (χ1n) is 6.98. The summed E-state index contributed by atoms with van der Waals surface area (Å²) < 4.78 is 0. The molecular formula is C16H25NO2. The fraction of sp³-hybridized carbons (Fsp3) is 0.500. The summed E-state index contributed by atoms with van der Waals surface area (Å²) >= 11 is 0. The quantitative estimate of drug-likeness (QED) is 0.589. The van der Waals surface area contributed by atoms with E-state index in [-0.39, 0.29) is 19.0 Å². The highest BCUT2D eigenvalue weighted by molar-refractivity contribution is 5.98. The fourth-order valence-electron chi connectivity index (χ4n) is 1.81. The first-order valence-corrected chi connectivity index (χ1v) is 6.98. The van der Waals surface area contributed by atoms with E-state index in [1.165, 1.54) is 0 Å². The highest BCUT2D eigenvalue weighted by Crippen LogP contribution is 2.14. The standard InChI is InChI=1S/C16H23NO2.H2/c1-4-5-6-7-15(18)17-14-10-8-13(9-11-14)16(19)12(2)3;/h8-12H,4-7H2,1-3H3,(H,17,18);1H. The van der Waals surface area contributed by atoms with Crippen LogP contribution >= 0.6 is 0 Å². The average molecular weight is 263 g/mol. The van der Waals surface area contributed by atoms with Gasteiger partial charge < -0.3 is 5.32 Å². The number of Topliss-reactive ketones (excluding diaryl/α,β-unsaturated/α-hetero) is 1. The van der Waals surface area contributed by atoms with Crippen molar-refractivity contribution in [2.24, 2.45) is 5.92 Å². The van der Waals surface area contributed by atoms with Crippen molar-refractivity contribution < 1.29 is 11.0 Å². The Balaban J connectivity index is 0.00000361. The SMILES string of the molecule is CCCCCC(=O)Nc1ccc(C(=O)C(C)C)cc1.[HH]. The van der Waals surface area contributed by atoms with Gasteiger partial charge in [0.2, 0.25) is 5.91 Å². The van der Waals surface area contributed by atoms with Gasteiger partial charge in [0.1, 0.15) is 0 Å². The van der Waals surface area contributed by atoms with Gasteiger partial charge in [0.25, 0.3) is 0 Å². The average Bonchev–Trinajstić information content (AvgIpc) is 2.39. The molecular weight excluding hydrogens is 238 g/mol. The Hall–Kier alpha value is -1.64. The molecule has 0 heterocycles. The Kier molecular flexibility index (Phi) is 6.26. The van der Waals surface area contributed by atoms with Crippen LogP contribution in [0.4, 0.5) is 5.69 Å². The highest BCUT2D eigenvalue weighted by Gasteiger charge is 2.10. The Morgan fingerprint density at radius 3 is 2.32 bits per heavy atom. The van der Waals surface area contributed by atoms with Crippen LogP contribution in [0.5, 0.6) is 0 Å². The maximum absolute atomic E-state index is 11.8. The molecule has 0 fully saturated rings. The van der Waals surface area contributed by atoms with E-state index in [2.05, 4.69) is 12.2 Å². The van der Waals surface area contributed by atoms with Crippen molar-refractivity contribution in [3.8, 4) is 0 Å². The Bertz CT molecular complexity index is 427. The molecule has 1 aromatic rings. The molecule has 3 heteroatoms. The van der Waals surface area contributed by atoms with Gasteiger partial charge >= 0.3 is 0 Å². The van der Waals surface area contributed by atoms with Crippen LogP contribution in [0.1, 0.15) is 58.2 Å². The minimum atomic E-state index is -0.00511. The van der Waals surface area contributed by atoms with Gasteiger partial charge in [-0.25, -0.2) is 0 Å². The lowest BCUT2D eigenvalue weighted by atomic mass is 10.0. The van der Waals surface area contributed by atoms with Crippen LogP contribution in [0.25, 0.3) is 0 Å².